The van der Waals surface area contributed by atoms with E-state index in [1.807, 2.05) is 0 Å². The van der Waals surface area contributed by atoms with Crippen LogP contribution in [0.4, 0.5) is 0 Å². The Labute approximate surface area is 82.2 Å². The summed E-state index contributed by atoms with van der Waals surface area (Å²) in [5.41, 5.74) is -0.485. The van der Waals surface area contributed by atoms with E-state index in [9.17, 15) is 9.59 Å². The standard InChI is InChI=1S/C10H12O4/c1-4-13-9(12)7-5-10(2,3)14-8(7)6-11/h5H,4H2,1-3H3. The lowest BCUT2D eigenvalue weighted by Gasteiger charge is -2.14. The Morgan fingerprint density at radius 2 is 2.29 bits per heavy atom. The quantitative estimate of drug-likeness (QED) is 0.488. The van der Waals surface area contributed by atoms with E-state index >= 15 is 0 Å². The lowest BCUT2D eigenvalue weighted by molar-refractivity contribution is -0.138. The van der Waals surface area contributed by atoms with Gasteiger partial charge >= 0.3 is 5.97 Å². The number of hydrogen-bond acceptors (Lipinski definition) is 4. The van der Waals surface area contributed by atoms with Crippen molar-refractivity contribution in [3.05, 3.63) is 17.4 Å². The van der Waals surface area contributed by atoms with E-state index in [-0.39, 0.29) is 17.9 Å². The maximum absolute atomic E-state index is 11.3. The summed E-state index contributed by atoms with van der Waals surface area (Å²) in [7, 11) is 0. The first-order valence-electron chi connectivity index (χ1n) is 4.34. The van der Waals surface area contributed by atoms with Gasteiger partial charge in [-0.15, -0.1) is 0 Å². The molecule has 0 spiro atoms. The van der Waals surface area contributed by atoms with Crippen LogP contribution in [-0.2, 0) is 19.1 Å². The third kappa shape index (κ3) is 2.03. The highest BCUT2D eigenvalue weighted by Crippen LogP contribution is 2.30. The molecule has 4 heteroatoms. The second-order valence-electron chi connectivity index (χ2n) is 3.42. The normalized spacial score (nSPS) is 18.2. The molecule has 0 bridgehead atoms. The molecule has 0 saturated carbocycles. The molecule has 1 heterocycles. The van der Waals surface area contributed by atoms with E-state index in [4.69, 9.17) is 9.47 Å². The summed E-state index contributed by atoms with van der Waals surface area (Å²) >= 11 is 0. The summed E-state index contributed by atoms with van der Waals surface area (Å²) in [5, 5.41) is 0. The minimum atomic E-state index is -0.644. The highest BCUT2D eigenvalue weighted by molar-refractivity contribution is 5.96. The maximum atomic E-state index is 11.3. The van der Waals surface area contributed by atoms with Gasteiger partial charge in [-0.3, -0.25) is 0 Å². The van der Waals surface area contributed by atoms with Gasteiger partial charge in [0.2, 0.25) is 5.76 Å². The average Bonchev–Trinajstić information content (AvgIpc) is 2.41. The minimum absolute atomic E-state index is 0.0755. The molecule has 1 aliphatic rings. The summed E-state index contributed by atoms with van der Waals surface area (Å²) in [6, 6.07) is 0. The summed E-state index contributed by atoms with van der Waals surface area (Å²) in [6.45, 7) is 5.46. The zero-order valence-corrected chi connectivity index (χ0v) is 8.42. The molecule has 1 aliphatic heterocycles. The van der Waals surface area contributed by atoms with Crippen LogP contribution in [0.3, 0.4) is 0 Å². The van der Waals surface area contributed by atoms with E-state index in [0.717, 1.165) is 0 Å². The molecule has 1 rings (SSSR count). The highest BCUT2D eigenvalue weighted by Gasteiger charge is 2.34. The van der Waals surface area contributed by atoms with Gasteiger partial charge in [-0.05, 0) is 26.8 Å². The first-order chi connectivity index (χ1) is 6.50. The van der Waals surface area contributed by atoms with Crippen molar-refractivity contribution in [1.29, 1.82) is 0 Å². The number of esters is 1. The molecule has 0 saturated heterocycles. The molecule has 0 aromatic rings. The van der Waals surface area contributed by atoms with Crippen molar-refractivity contribution in [2.45, 2.75) is 26.4 Å². The Bertz CT molecular complexity index is 332. The summed E-state index contributed by atoms with van der Waals surface area (Å²) in [6.07, 6.45) is 1.56. The number of carbonyl (C=O) groups is 1. The van der Waals surface area contributed by atoms with E-state index in [0.29, 0.717) is 0 Å². The second kappa shape index (κ2) is 3.68. The molecule has 14 heavy (non-hydrogen) atoms. The predicted octanol–water partition coefficient (Wildman–Crippen LogP) is 1.00. The van der Waals surface area contributed by atoms with Gasteiger partial charge in [-0.1, -0.05) is 0 Å². The van der Waals surface area contributed by atoms with Crippen LogP contribution in [0.15, 0.2) is 17.4 Å². The fraction of sp³-hybridized carbons (Fsp3) is 0.500. The first kappa shape index (κ1) is 10.5. The first-order valence-corrected chi connectivity index (χ1v) is 4.34. The Hall–Kier alpha value is -1.54. The zero-order valence-electron chi connectivity index (χ0n) is 8.42. The highest BCUT2D eigenvalue weighted by atomic mass is 16.5. The van der Waals surface area contributed by atoms with Gasteiger partial charge in [-0.2, -0.15) is 0 Å². The van der Waals surface area contributed by atoms with E-state index in [2.05, 4.69) is 0 Å². The third-order valence-electron chi connectivity index (χ3n) is 1.69. The maximum Gasteiger partial charge on any atom is 0.342 e. The molecular weight excluding hydrogens is 184 g/mol. The molecule has 0 fully saturated rings. The minimum Gasteiger partial charge on any atom is -0.472 e. The van der Waals surface area contributed by atoms with E-state index in [1.165, 1.54) is 0 Å². The number of ether oxygens (including phenoxy) is 2. The largest absolute Gasteiger partial charge is 0.472 e. The van der Waals surface area contributed by atoms with Crippen molar-refractivity contribution in [2.75, 3.05) is 6.61 Å². The van der Waals surface area contributed by atoms with Crippen LogP contribution < -0.4 is 0 Å². The van der Waals surface area contributed by atoms with Gasteiger partial charge in [-0.25, -0.2) is 9.59 Å². The lowest BCUT2D eigenvalue weighted by atomic mass is 10.1. The van der Waals surface area contributed by atoms with Crippen LogP contribution in [0.25, 0.3) is 0 Å². The molecule has 0 aromatic carbocycles. The summed E-state index contributed by atoms with van der Waals surface area (Å²) in [5.74, 6) is 0.964. The molecule has 76 valence electrons. The van der Waals surface area contributed by atoms with Crippen molar-refractivity contribution in [1.82, 2.24) is 0 Å². The lowest BCUT2D eigenvalue weighted by Crippen LogP contribution is -2.15. The second-order valence-corrected chi connectivity index (χ2v) is 3.42. The molecule has 0 aromatic heterocycles. The smallest absolute Gasteiger partial charge is 0.342 e. The van der Waals surface area contributed by atoms with Crippen LogP contribution in [0.1, 0.15) is 20.8 Å². The van der Waals surface area contributed by atoms with E-state index in [1.54, 1.807) is 32.8 Å². The van der Waals surface area contributed by atoms with Gasteiger partial charge in [0.05, 0.1) is 6.61 Å². The molecule has 0 amide bonds. The number of hydrogen-bond donors (Lipinski definition) is 0. The van der Waals surface area contributed by atoms with Crippen molar-refractivity contribution in [3.8, 4) is 0 Å². The number of rotatable bonds is 2. The third-order valence-corrected chi connectivity index (χ3v) is 1.69. The molecule has 0 atom stereocenters. The molecule has 0 N–H and O–H groups in total. The molecule has 0 unspecified atom stereocenters. The van der Waals surface area contributed by atoms with Crippen LogP contribution in [0.5, 0.6) is 0 Å². The van der Waals surface area contributed by atoms with Gasteiger partial charge in [0.1, 0.15) is 11.2 Å². The van der Waals surface area contributed by atoms with Crippen molar-refractivity contribution in [3.63, 3.8) is 0 Å². The molecule has 4 nitrogen and oxygen atoms in total. The van der Waals surface area contributed by atoms with E-state index < -0.39 is 11.6 Å². The topological polar surface area (TPSA) is 52.6 Å². The zero-order chi connectivity index (χ0) is 10.8. The van der Waals surface area contributed by atoms with Gasteiger partial charge in [0.15, 0.2) is 5.94 Å². The Morgan fingerprint density at radius 3 is 2.79 bits per heavy atom. The fourth-order valence-electron chi connectivity index (χ4n) is 1.20. The van der Waals surface area contributed by atoms with Gasteiger partial charge in [0, 0.05) is 0 Å². The average molecular weight is 196 g/mol. The summed E-state index contributed by atoms with van der Waals surface area (Å²) < 4.78 is 9.94. The Kier molecular flexibility index (Phi) is 2.77. The van der Waals surface area contributed by atoms with Gasteiger partial charge < -0.3 is 9.47 Å². The molecule has 0 radical (unpaired) electrons. The number of carbonyl (C=O) groups excluding carboxylic acids is 2. The predicted molar refractivity (Wildman–Crippen MR) is 49.1 cm³/mol. The summed E-state index contributed by atoms with van der Waals surface area (Å²) in [4.78, 5) is 21.8. The van der Waals surface area contributed by atoms with Crippen molar-refractivity contribution < 1.29 is 19.1 Å². The van der Waals surface area contributed by atoms with Crippen LogP contribution >= 0.6 is 0 Å². The molecule has 0 aliphatic carbocycles. The molecular formula is C10H12O4. The Morgan fingerprint density at radius 1 is 1.64 bits per heavy atom. The van der Waals surface area contributed by atoms with Gasteiger partial charge in [0.25, 0.3) is 0 Å². The van der Waals surface area contributed by atoms with Crippen molar-refractivity contribution in [2.24, 2.45) is 0 Å². The van der Waals surface area contributed by atoms with Crippen LogP contribution in [0.2, 0.25) is 0 Å². The monoisotopic (exact) mass is 196 g/mol. The van der Waals surface area contributed by atoms with Crippen LogP contribution in [-0.4, -0.2) is 24.1 Å². The van der Waals surface area contributed by atoms with Crippen molar-refractivity contribution >= 4 is 11.9 Å². The fourth-order valence-corrected chi connectivity index (χ4v) is 1.20. The SMILES string of the molecule is CCOC(=O)C1=CC(C)(C)OC1=C=O. The van der Waals surface area contributed by atoms with Crippen LogP contribution in [0, 0.1) is 0 Å². The Balaban J connectivity index is 2.96.